The van der Waals surface area contributed by atoms with E-state index in [0.29, 0.717) is 72.7 Å². The van der Waals surface area contributed by atoms with Crippen LogP contribution in [0, 0.1) is 0 Å². The van der Waals surface area contributed by atoms with Crippen LogP contribution in [0.25, 0.3) is 0 Å². The molecular formula is C32H37NO8. The highest BCUT2D eigenvalue weighted by Crippen LogP contribution is 2.39. The van der Waals surface area contributed by atoms with Gasteiger partial charge in [0, 0.05) is 12.1 Å². The van der Waals surface area contributed by atoms with Crippen molar-refractivity contribution in [1.29, 1.82) is 0 Å². The van der Waals surface area contributed by atoms with E-state index in [1.54, 1.807) is 63.6 Å². The molecule has 0 aromatic heterocycles. The number of amides is 1. The largest absolute Gasteiger partial charge is 0.493 e. The Kier molecular flexibility index (Phi) is 9.95. The van der Waals surface area contributed by atoms with Crippen LogP contribution in [0.5, 0.6) is 28.7 Å². The lowest BCUT2D eigenvalue weighted by Gasteiger charge is -2.37. The molecule has 0 radical (unpaired) electrons. The SMILES string of the molecule is CCOC(=O)c1ccc(OCC2c3cc(OC)c(OC)cc3CCN2C(=O)c2ccc(OCC)c(OCC)c2)cc1. The Bertz CT molecular complexity index is 1350. The van der Waals surface area contributed by atoms with Crippen LogP contribution in [0.3, 0.4) is 0 Å². The highest BCUT2D eigenvalue weighted by molar-refractivity contribution is 5.95. The van der Waals surface area contributed by atoms with E-state index in [-0.39, 0.29) is 18.5 Å². The van der Waals surface area contributed by atoms with Gasteiger partial charge in [-0.15, -0.1) is 0 Å². The van der Waals surface area contributed by atoms with Crippen LogP contribution >= 0.6 is 0 Å². The molecule has 0 N–H and O–H groups in total. The van der Waals surface area contributed by atoms with Crippen molar-refractivity contribution in [3.8, 4) is 28.7 Å². The van der Waals surface area contributed by atoms with Gasteiger partial charge in [0.25, 0.3) is 5.91 Å². The molecule has 0 fully saturated rings. The summed E-state index contributed by atoms with van der Waals surface area (Å²) < 4.78 is 33.8. The average Bonchev–Trinajstić information content (AvgIpc) is 3.00. The molecule has 3 aromatic carbocycles. The average molecular weight is 564 g/mol. The second-order valence-electron chi connectivity index (χ2n) is 9.25. The van der Waals surface area contributed by atoms with E-state index in [1.807, 2.05) is 30.9 Å². The standard InChI is InChI=1S/C32H37NO8/c1-6-38-27-14-11-23(18-30(27)39-7-2)31(34)33-16-15-22-17-28(36-4)29(37-5)19-25(22)26(33)20-41-24-12-9-21(10-13-24)32(35)40-8-3/h9-14,17-19,26H,6-8,15-16,20H2,1-5H3. The Morgan fingerprint density at radius 2 is 1.41 bits per heavy atom. The van der Waals surface area contributed by atoms with Gasteiger partial charge < -0.3 is 33.3 Å². The van der Waals surface area contributed by atoms with Crippen LogP contribution < -0.4 is 23.7 Å². The highest BCUT2D eigenvalue weighted by atomic mass is 16.5. The molecule has 1 aliphatic rings. The summed E-state index contributed by atoms with van der Waals surface area (Å²) in [5, 5.41) is 0. The van der Waals surface area contributed by atoms with Gasteiger partial charge in [-0.1, -0.05) is 0 Å². The minimum atomic E-state index is -0.419. The van der Waals surface area contributed by atoms with Crippen LogP contribution in [0.1, 0.15) is 58.7 Å². The number of nitrogens with zero attached hydrogens (tertiary/aromatic N) is 1. The summed E-state index contributed by atoms with van der Waals surface area (Å²) in [6, 6.07) is 15.5. The predicted octanol–water partition coefficient (Wildman–Crippen LogP) is 5.50. The van der Waals surface area contributed by atoms with Gasteiger partial charge in [0.15, 0.2) is 23.0 Å². The summed E-state index contributed by atoms with van der Waals surface area (Å²) in [5.74, 6) is 2.35. The molecule has 9 nitrogen and oxygen atoms in total. The molecular weight excluding hydrogens is 526 g/mol. The van der Waals surface area contributed by atoms with Gasteiger partial charge in [0.05, 0.1) is 45.6 Å². The van der Waals surface area contributed by atoms with E-state index >= 15 is 0 Å². The van der Waals surface area contributed by atoms with Crippen molar-refractivity contribution in [2.24, 2.45) is 0 Å². The van der Waals surface area contributed by atoms with E-state index in [2.05, 4.69) is 0 Å². The van der Waals surface area contributed by atoms with Crippen molar-refractivity contribution in [2.45, 2.75) is 33.2 Å². The second-order valence-corrected chi connectivity index (χ2v) is 9.25. The summed E-state index contributed by atoms with van der Waals surface area (Å²) in [6.45, 7) is 7.45. The minimum absolute atomic E-state index is 0.152. The summed E-state index contributed by atoms with van der Waals surface area (Å²) in [5.41, 5.74) is 2.90. The molecule has 218 valence electrons. The predicted molar refractivity (Wildman–Crippen MR) is 154 cm³/mol. The third-order valence-electron chi connectivity index (χ3n) is 6.83. The zero-order valence-electron chi connectivity index (χ0n) is 24.2. The maximum atomic E-state index is 14.0. The lowest BCUT2D eigenvalue weighted by molar-refractivity contribution is 0.0524. The molecule has 0 aliphatic carbocycles. The lowest BCUT2D eigenvalue weighted by atomic mass is 9.91. The third-order valence-corrected chi connectivity index (χ3v) is 6.83. The number of ether oxygens (including phenoxy) is 6. The van der Waals surface area contributed by atoms with Gasteiger partial charge in [-0.2, -0.15) is 0 Å². The summed E-state index contributed by atoms with van der Waals surface area (Å²) >= 11 is 0. The molecule has 41 heavy (non-hydrogen) atoms. The van der Waals surface area contributed by atoms with E-state index in [1.165, 1.54) is 0 Å². The van der Waals surface area contributed by atoms with Gasteiger partial charge >= 0.3 is 5.97 Å². The quantitative estimate of drug-likeness (QED) is 0.267. The summed E-state index contributed by atoms with van der Waals surface area (Å²) in [7, 11) is 3.19. The number of fused-ring (bicyclic) bond motifs is 1. The molecule has 0 spiro atoms. The Balaban J connectivity index is 1.66. The number of hydrogen-bond donors (Lipinski definition) is 0. The second kappa shape index (κ2) is 13.8. The molecule has 0 bridgehead atoms. The first-order chi connectivity index (χ1) is 19.9. The van der Waals surface area contributed by atoms with Gasteiger partial charge in [0.2, 0.25) is 0 Å². The molecule has 4 rings (SSSR count). The van der Waals surface area contributed by atoms with E-state index in [0.717, 1.165) is 11.1 Å². The fraction of sp³-hybridized carbons (Fsp3) is 0.375. The molecule has 0 saturated carbocycles. The molecule has 9 heteroatoms. The van der Waals surface area contributed by atoms with Gasteiger partial charge in [-0.3, -0.25) is 4.79 Å². The van der Waals surface area contributed by atoms with E-state index < -0.39 is 6.04 Å². The maximum Gasteiger partial charge on any atom is 0.338 e. The number of methoxy groups -OCH3 is 2. The van der Waals surface area contributed by atoms with Crippen molar-refractivity contribution in [2.75, 3.05) is 47.2 Å². The Labute approximate surface area is 240 Å². The van der Waals surface area contributed by atoms with Crippen molar-refractivity contribution in [1.82, 2.24) is 4.90 Å². The van der Waals surface area contributed by atoms with Crippen LogP contribution in [0.4, 0.5) is 0 Å². The molecule has 1 amide bonds. The lowest BCUT2D eigenvalue weighted by Crippen LogP contribution is -2.42. The fourth-order valence-corrected chi connectivity index (χ4v) is 4.88. The Morgan fingerprint density at radius 3 is 2.07 bits per heavy atom. The Morgan fingerprint density at radius 1 is 0.756 bits per heavy atom. The number of esters is 1. The van der Waals surface area contributed by atoms with Crippen LogP contribution in [-0.2, 0) is 11.2 Å². The van der Waals surface area contributed by atoms with Crippen molar-refractivity contribution in [3.05, 3.63) is 76.9 Å². The summed E-state index contributed by atoms with van der Waals surface area (Å²) in [4.78, 5) is 27.8. The molecule has 3 aromatic rings. The first-order valence-electron chi connectivity index (χ1n) is 13.8. The summed E-state index contributed by atoms with van der Waals surface area (Å²) in [6.07, 6.45) is 0.640. The van der Waals surface area contributed by atoms with E-state index in [4.69, 9.17) is 28.4 Å². The normalized spacial score (nSPS) is 14.1. The fourth-order valence-electron chi connectivity index (χ4n) is 4.88. The topological polar surface area (TPSA) is 92.8 Å². The first-order valence-corrected chi connectivity index (χ1v) is 13.8. The maximum absolute atomic E-state index is 14.0. The zero-order valence-corrected chi connectivity index (χ0v) is 24.2. The number of rotatable bonds is 12. The molecule has 1 unspecified atom stereocenters. The molecule has 1 atom stereocenters. The first kappa shape index (κ1) is 29.6. The van der Waals surface area contributed by atoms with Crippen LogP contribution in [0.15, 0.2) is 54.6 Å². The molecule has 1 aliphatic heterocycles. The number of hydrogen-bond acceptors (Lipinski definition) is 8. The number of carbonyl (C=O) groups is 2. The zero-order chi connectivity index (χ0) is 29.4. The van der Waals surface area contributed by atoms with Crippen molar-refractivity contribution < 1.29 is 38.0 Å². The monoisotopic (exact) mass is 563 g/mol. The number of carbonyl (C=O) groups excluding carboxylic acids is 2. The number of benzene rings is 3. The van der Waals surface area contributed by atoms with E-state index in [9.17, 15) is 9.59 Å². The highest BCUT2D eigenvalue weighted by Gasteiger charge is 2.34. The van der Waals surface area contributed by atoms with Gasteiger partial charge in [-0.25, -0.2) is 4.79 Å². The van der Waals surface area contributed by atoms with Crippen LogP contribution in [-0.4, -0.2) is 64.0 Å². The molecule has 0 saturated heterocycles. The van der Waals surface area contributed by atoms with Crippen molar-refractivity contribution >= 4 is 11.9 Å². The Hall–Kier alpha value is -4.40. The van der Waals surface area contributed by atoms with Crippen LogP contribution in [0.2, 0.25) is 0 Å². The van der Waals surface area contributed by atoms with Gasteiger partial charge in [-0.05, 0) is 92.9 Å². The van der Waals surface area contributed by atoms with Crippen molar-refractivity contribution in [3.63, 3.8) is 0 Å². The minimum Gasteiger partial charge on any atom is -0.493 e. The smallest absolute Gasteiger partial charge is 0.338 e. The van der Waals surface area contributed by atoms with Gasteiger partial charge in [0.1, 0.15) is 12.4 Å². The third kappa shape index (κ3) is 6.67. The molecule has 1 heterocycles.